The number of ketones is 1. The Labute approximate surface area is 169 Å². The highest BCUT2D eigenvalue weighted by Gasteiger charge is 2.54. The lowest BCUT2D eigenvalue weighted by atomic mass is 9.48. The van der Waals surface area contributed by atoms with Crippen LogP contribution in [0.4, 0.5) is 0 Å². The monoisotopic (exact) mass is 379 g/mol. The predicted octanol–water partition coefficient (Wildman–Crippen LogP) is 5.30. The van der Waals surface area contributed by atoms with E-state index in [2.05, 4.69) is 32.9 Å². The summed E-state index contributed by atoms with van der Waals surface area (Å²) in [6.45, 7) is 6.47. The third-order valence-corrected chi connectivity index (χ3v) is 7.95. The maximum absolute atomic E-state index is 13.7. The van der Waals surface area contributed by atoms with Crippen LogP contribution < -0.4 is 4.74 Å². The zero-order valence-electron chi connectivity index (χ0n) is 17.8. The van der Waals surface area contributed by atoms with Crippen LogP contribution in [0.1, 0.15) is 75.5 Å². The quantitative estimate of drug-likeness (QED) is 0.712. The molecule has 3 nitrogen and oxygen atoms in total. The molecule has 0 N–H and O–H groups in total. The fraction of sp³-hybridized carbons (Fsp3) is 0.680. The van der Waals surface area contributed by atoms with Crippen LogP contribution >= 0.6 is 0 Å². The van der Waals surface area contributed by atoms with Gasteiger partial charge in [0.05, 0.1) is 18.4 Å². The first-order valence-electron chi connectivity index (χ1n) is 11.1. The zero-order chi connectivity index (χ0) is 19.7. The van der Waals surface area contributed by atoms with Crippen LogP contribution in [0, 0.1) is 30.1 Å². The molecule has 0 radical (unpaired) electrons. The minimum absolute atomic E-state index is 0.0478. The number of ether oxygens (including phenoxy) is 1. The van der Waals surface area contributed by atoms with Crippen molar-refractivity contribution in [3.63, 3.8) is 0 Å². The summed E-state index contributed by atoms with van der Waals surface area (Å²) >= 11 is 0. The fourth-order valence-corrected chi connectivity index (χ4v) is 7.24. The van der Waals surface area contributed by atoms with Crippen molar-refractivity contribution in [1.82, 2.24) is 0 Å². The second-order valence-corrected chi connectivity index (χ2v) is 10.8. The second-order valence-electron chi connectivity index (χ2n) is 10.8. The van der Waals surface area contributed by atoms with Crippen molar-refractivity contribution in [3.8, 4) is 5.75 Å². The summed E-state index contributed by atoms with van der Waals surface area (Å²) < 4.78 is 5.58. The average Bonchev–Trinajstić information content (AvgIpc) is 2.59. The van der Waals surface area contributed by atoms with Gasteiger partial charge in [0.25, 0.3) is 0 Å². The summed E-state index contributed by atoms with van der Waals surface area (Å²) in [5, 5.41) is 0. The van der Waals surface area contributed by atoms with Crippen molar-refractivity contribution in [2.75, 3.05) is 7.11 Å². The van der Waals surface area contributed by atoms with Gasteiger partial charge in [0.15, 0.2) is 0 Å². The number of rotatable bonds is 4. The third-order valence-electron chi connectivity index (χ3n) is 7.95. The van der Waals surface area contributed by atoms with Crippen molar-refractivity contribution < 1.29 is 9.53 Å². The maximum Gasteiger partial charge on any atom is 0.145 e. The SMILES string of the molecule is COc1cc2c(cc1C)CC(C)(C)N=C2CC(=O)C12CC3CC(CC(C3)C1)C2. The van der Waals surface area contributed by atoms with Gasteiger partial charge in [0, 0.05) is 17.4 Å². The number of hydrogen-bond donors (Lipinski definition) is 0. The number of benzene rings is 1. The van der Waals surface area contributed by atoms with E-state index < -0.39 is 0 Å². The summed E-state index contributed by atoms with van der Waals surface area (Å²) in [6, 6.07) is 4.35. The molecule has 1 aromatic rings. The average molecular weight is 380 g/mol. The van der Waals surface area contributed by atoms with Crippen LogP contribution in [0.5, 0.6) is 5.75 Å². The summed E-state index contributed by atoms with van der Waals surface area (Å²) in [5.74, 6) is 3.77. The van der Waals surface area contributed by atoms with Crippen LogP contribution in [-0.2, 0) is 11.2 Å². The Balaban J connectivity index is 1.48. The van der Waals surface area contributed by atoms with E-state index in [1.165, 1.54) is 24.8 Å². The van der Waals surface area contributed by atoms with Gasteiger partial charge in [-0.25, -0.2) is 0 Å². The Morgan fingerprint density at radius 1 is 1.11 bits per heavy atom. The van der Waals surface area contributed by atoms with Gasteiger partial charge in [0.1, 0.15) is 11.5 Å². The van der Waals surface area contributed by atoms with Crippen LogP contribution in [-0.4, -0.2) is 24.1 Å². The number of aliphatic imine (C=N–C) groups is 1. The molecule has 1 aliphatic heterocycles. The lowest BCUT2D eigenvalue weighted by molar-refractivity contribution is -0.142. The normalized spacial score (nSPS) is 34.7. The Morgan fingerprint density at radius 2 is 1.71 bits per heavy atom. The first kappa shape index (κ1) is 18.4. The minimum Gasteiger partial charge on any atom is -0.496 e. The fourth-order valence-electron chi connectivity index (χ4n) is 7.24. The molecule has 3 heteroatoms. The third kappa shape index (κ3) is 2.93. The lowest BCUT2D eigenvalue weighted by Gasteiger charge is -2.56. The number of aryl methyl sites for hydroxylation is 1. The van der Waals surface area contributed by atoms with Gasteiger partial charge < -0.3 is 4.74 Å². The maximum atomic E-state index is 13.7. The van der Waals surface area contributed by atoms with E-state index in [0.29, 0.717) is 12.2 Å². The molecule has 0 unspecified atom stereocenters. The molecule has 28 heavy (non-hydrogen) atoms. The van der Waals surface area contributed by atoms with Gasteiger partial charge in [-0.1, -0.05) is 6.07 Å². The van der Waals surface area contributed by atoms with E-state index in [0.717, 1.165) is 66.0 Å². The molecule has 1 heterocycles. The minimum atomic E-state index is -0.148. The highest BCUT2D eigenvalue weighted by Crippen LogP contribution is 2.60. The molecule has 4 saturated carbocycles. The van der Waals surface area contributed by atoms with Crippen molar-refractivity contribution in [3.05, 3.63) is 28.8 Å². The van der Waals surface area contributed by atoms with Gasteiger partial charge in [0.2, 0.25) is 0 Å². The number of hydrogen-bond acceptors (Lipinski definition) is 3. The first-order valence-corrected chi connectivity index (χ1v) is 11.1. The topological polar surface area (TPSA) is 38.7 Å². The molecule has 150 valence electrons. The van der Waals surface area contributed by atoms with Crippen molar-refractivity contribution in [2.45, 2.75) is 77.7 Å². The van der Waals surface area contributed by atoms with Gasteiger partial charge in [-0.2, -0.15) is 0 Å². The molecule has 0 saturated heterocycles. The lowest BCUT2D eigenvalue weighted by Crippen LogP contribution is -2.50. The second kappa shape index (κ2) is 6.18. The molecule has 6 rings (SSSR count). The van der Waals surface area contributed by atoms with E-state index >= 15 is 0 Å². The molecule has 5 aliphatic rings. The number of nitrogens with zero attached hydrogens (tertiary/aromatic N) is 1. The standard InChI is InChI=1S/C25H33NO2/c1-15-5-19-14-24(2,3)26-21(20(19)9-22(15)28-4)10-23(27)25-11-16-6-17(12-25)8-18(7-16)13-25/h5,9,16-18H,6-8,10-14H2,1-4H3. The Morgan fingerprint density at radius 3 is 2.29 bits per heavy atom. The number of carbonyl (C=O) groups excluding carboxylic acids is 1. The van der Waals surface area contributed by atoms with E-state index in [-0.39, 0.29) is 11.0 Å². The van der Waals surface area contributed by atoms with Crippen LogP contribution in [0.3, 0.4) is 0 Å². The van der Waals surface area contributed by atoms with Crippen LogP contribution in [0.25, 0.3) is 0 Å². The molecule has 1 aromatic carbocycles. The molecule has 0 amide bonds. The molecule has 0 aromatic heterocycles. The van der Waals surface area contributed by atoms with E-state index in [4.69, 9.17) is 9.73 Å². The van der Waals surface area contributed by atoms with Crippen LogP contribution in [0.15, 0.2) is 17.1 Å². The molecule has 4 bridgehead atoms. The van der Waals surface area contributed by atoms with E-state index in [1.54, 1.807) is 7.11 Å². The number of fused-ring (bicyclic) bond motifs is 1. The zero-order valence-corrected chi connectivity index (χ0v) is 17.8. The molecule has 0 spiro atoms. The number of carbonyl (C=O) groups is 1. The van der Waals surface area contributed by atoms with Gasteiger partial charge in [-0.3, -0.25) is 9.79 Å². The number of Topliss-reactive ketones (excluding diaryl/α,β-unsaturated/α-hetero) is 1. The Hall–Kier alpha value is -1.64. The molecule has 4 aliphatic carbocycles. The highest BCUT2D eigenvalue weighted by molar-refractivity contribution is 6.14. The summed E-state index contributed by atoms with van der Waals surface area (Å²) in [5.41, 5.74) is 4.40. The van der Waals surface area contributed by atoms with Crippen molar-refractivity contribution in [1.29, 1.82) is 0 Å². The smallest absolute Gasteiger partial charge is 0.145 e. The number of methoxy groups -OCH3 is 1. The molecule has 4 fully saturated rings. The van der Waals surface area contributed by atoms with Crippen molar-refractivity contribution in [2.24, 2.45) is 28.2 Å². The highest BCUT2D eigenvalue weighted by atomic mass is 16.5. The predicted molar refractivity (Wildman–Crippen MR) is 112 cm³/mol. The van der Waals surface area contributed by atoms with E-state index in [1.807, 2.05) is 0 Å². The van der Waals surface area contributed by atoms with Gasteiger partial charge in [-0.05, 0) is 101 Å². The van der Waals surface area contributed by atoms with E-state index in [9.17, 15) is 4.79 Å². The molecule has 0 atom stereocenters. The Bertz CT molecular complexity index is 828. The van der Waals surface area contributed by atoms with Crippen LogP contribution in [0.2, 0.25) is 0 Å². The first-order chi connectivity index (χ1) is 13.3. The molecular formula is C25H33NO2. The van der Waals surface area contributed by atoms with Crippen molar-refractivity contribution >= 4 is 11.5 Å². The summed E-state index contributed by atoms with van der Waals surface area (Å²) in [7, 11) is 1.72. The van der Waals surface area contributed by atoms with Gasteiger partial charge in [-0.15, -0.1) is 0 Å². The molecular weight excluding hydrogens is 346 g/mol. The Kier molecular flexibility index (Phi) is 4.06. The summed E-state index contributed by atoms with van der Waals surface area (Å²) in [4.78, 5) is 18.8. The van der Waals surface area contributed by atoms with Gasteiger partial charge >= 0.3 is 0 Å². The summed E-state index contributed by atoms with van der Waals surface area (Å²) in [6.07, 6.45) is 8.95. The largest absolute Gasteiger partial charge is 0.496 e.